The molecule has 3 aromatic rings. The molecule has 0 aliphatic heterocycles. The number of nitrogens with zero attached hydrogens (tertiary/aromatic N) is 2. The third kappa shape index (κ3) is 4.55. The number of hydrogen-bond donors (Lipinski definition) is 2. The number of aryl methyl sites for hydroxylation is 2. The highest BCUT2D eigenvalue weighted by Gasteiger charge is 2.14. The van der Waals surface area contributed by atoms with Crippen LogP contribution in [0.3, 0.4) is 0 Å². The van der Waals surface area contributed by atoms with Crippen LogP contribution in [0.1, 0.15) is 11.4 Å². The summed E-state index contributed by atoms with van der Waals surface area (Å²) in [5.74, 6) is -0.993. The fraction of sp³-hybridized carbons (Fsp3) is 0.105. The lowest BCUT2D eigenvalue weighted by atomic mass is 10.3. The molecule has 1 aromatic heterocycles. The Labute approximate surface area is 154 Å². The minimum atomic E-state index is -0.571. The molecule has 0 spiro atoms. The maximum atomic E-state index is 13.7. The average molecular weight is 370 g/mol. The highest BCUT2D eigenvalue weighted by atomic mass is 19.1. The van der Waals surface area contributed by atoms with E-state index in [0.717, 1.165) is 0 Å². The highest BCUT2D eigenvalue weighted by molar-refractivity contribution is 6.00. The first-order chi connectivity index (χ1) is 12.9. The first kappa shape index (κ1) is 18.2. The number of amides is 2. The number of urea groups is 1. The molecule has 0 unspecified atom stereocenters. The van der Waals surface area contributed by atoms with Gasteiger partial charge in [-0.2, -0.15) is 9.97 Å². The molecule has 8 heteroatoms. The Morgan fingerprint density at radius 3 is 2.33 bits per heavy atom. The highest BCUT2D eigenvalue weighted by Crippen LogP contribution is 2.25. The van der Waals surface area contributed by atoms with Crippen molar-refractivity contribution in [1.29, 1.82) is 0 Å². The molecule has 2 N–H and O–H groups in total. The van der Waals surface area contributed by atoms with Crippen LogP contribution < -0.4 is 15.4 Å². The first-order valence-electron chi connectivity index (χ1n) is 8.03. The van der Waals surface area contributed by atoms with Crippen LogP contribution in [0.5, 0.6) is 11.8 Å². The molecule has 2 aromatic carbocycles. The summed E-state index contributed by atoms with van der Waals surface area (Å²) in [6.45, 7) is 3.31. The Balaban J connectivity index is 1.75. The van der Waals surface area contributed by atoms with Gasteiger partial charge in [-0.05, 0) is 44.2 Å². The molecule has 27 heavy (non-hydrogen) atoms. The summed E-state index contributed by atoms with van der Waals surface area (Å²) in [6.07, 6.45) is 0. The van der Waals surface area contributed by atoms with E-state index in [4.69, 9.17) is 4.74 Å². The maximum absolute atomic E-state index is 13.7. The number of aromatic nitrogens is 2. The van der Waals surface area contributed by atoms with Gasteiger partial charge in [0.15, 0.2) is 11.6 Å². The number of ether oxygens (including phenoxy) is 1. The van der Waals surface area contributed by atoms with Crippen LogP contribution >= 0.6 is 0 Å². The molecule has 0 saturated carbocycles. The lowest BCUT2D eigenvalue weighted by molar-refractivity contribution is 0.262. The van der Waals surface area contributed by atoms with Crippen molar-refractivity contribution < 1.29 is 18.3 Å². The summed E-state index contributed by atoms with van der Waals surface area (Å²) in [6, 6.07) is 10.8. The number of benzene rings is 2. The van der Waals surface area contributed by atoms with Crippen LogP contribution in [-0.2, 0) is 0 Å². The summed E-state index contributed by atoms with van der Waals surface area (Å²) < 4.78 is 32.3. The predicted molar refractivity (Wildman–Crippen MR) is 97.0 cm³/mol. The van der Waals surface area contributed by atoms with E-state index in [-0.39, 0.29) is 11.8 Å². The molecule has 0 fully saturated rings. The summed E-state index contributed by atoms with van der Waals surface area (Å²) in [5.41, 5.74) is 1.56. The van der Waals surface area contributed by atoms with Gasteiger partial charge in [-0.3, -0.25) is 0 Å². The molecule has 3 rings (SSSR count). The van der Waals surface area contributed by atoms with Crippen molar-refractivity contribution in [2.75, 3.05) is 10.6 Å². The van der Waals surface area contributed by atoms with Crippen molar-refractivity contribution in [3.05, 3.63) is 71.6 Å². The van der Waals surface area contributed by atoms with Gasteiger partial charge in [-0.15, -0.1) is 0 Å². The maximum Gasteiger partial charge on any atom is 0.323 e. The molecule has 1 heterocycles. The zero-order chi connectivity index (χ0) is 19.4. The number of carbonyl (C=O) groups is 1. The number of hydrogen-bond acceptors (Lipinski definition) is 4. The summed E-state index contributed by atoms with van der Waals surface area (Å²) in [7, 11) is 0. The van der Waals surface area contributed by atoms with Gasteiger partial charge in [0.1, 0.15) is 5.82 Å². The van der Waals surface area contributed by atoms with E-state index in [0.29, 0.717) is 22.8 Å². The van der Waals surface area contributed by atoms with Gasteiger partial charge in [0.2, 0.25) is 0 Å². The Morgan fingerprint density at radius 2 is 1.67 bits per heavy atom. The fourth-order valence-electron chi connectivity index (χ4n) is 2.38. The zero-order valence-corrected chi connectivity index (χ0v) is 14.6. The van der Waals surface area contributed by atoms with Crippen LogP contribution in [0.25, 0.3) is 0 Å². The molecular formula is C19H16F2N4O2. The molecule has 6 nitrogen and oxygen atoms in total. The van der Waals surface area contributed by atoms with E-state index in [1.165, 1.54) is 30.3 Å². The van der Waals surface area contributed by atoms with Crippen molar-refractivity contribution in [2.45, 2.75) is 13.8 Å². The second-order valence-electron chi connectivity index (χ2n) is 5.67. The van der Waals surface area contributed by atoms with E-state index in [1.54, 1.807) is 32.0 Å². The minimum Gasteiger partial charge on any atom is -0.421 e. The van der Waals surface area contributed by atoms with Crippen LogP contribution in [0.2, 0.25) is 0 Å². The van der Waals surface area contributed by atoms with Gasteiger partial charge in [0, 0.05) is 5.69 Å². The predicted octanol–water partition coefficient (Wildman–Crippen LogP) is 4.81. The second-order valence-corrected chi connectivity index (χ2v) is 5.67. The van der Waals surface area contributed by atoms with Gasteiger partial charge in [-0.1, -0.05) is 18.2 Å². The smallest absolute Gasteiger partial charge is 0.323 e. The van der Waals surface area contributed by atoms with Crippen LogP contribution in [0.15, 0.2) is 48.5 Å². The van der Waals surface area contributed by atoms with E-state index < -0.39 is 17.7 Å². The van der Waals surface area contributed by atoms with Gasteiger partial charge in [0.25, 0.3) is 0 Å². The van der Waals surface area contributed by atoms with Gasteiger partial charge < -0.3 is 15.4 Å². The Hall–Kier alpha value is -3.55. The number of rotatable bonds is 4. The largest absolute Gasteiger partial charge is 0.421 e. The third-order valence-corrected chi connectivity index (χ3v) is 3.61. The van der Waals surface area contributed by atoms with Crippen molar-refractivity contribution in [1.82, 2.24) is 9.97 Å². The van der Waals surface area contributed by atoms with Crippen LogP contribution in [0, 0.1) is 25.5 Å². The number of para-hydroxylation sites is 1. The molecule has 0 atom stereocenters. The lowest BCUT2D eigenvalue weighted by Crippen LogP contribution is -2.21. The topological polar surface area (TPSA) is 76.1 Å². The van der Waals surface area contributed by atoms with E-state index >= 15 is 0 Å². The van der Waals surface area contributed by atoms with Gasteiger partial charge >= 0.3 is 12.0 Å². The SMILES string of the molecule is Cc1nc(Oc2ccccc2F)nc(C)c1NC(=O)Nc1cccc(F)c1. The Kier molecular flexibility index (Phi) is 5.25. The summed E-state index contributed by atoms with van der Waals surface area (Å²) >= 11 is 0. The van der Waals surface area contributed by atoms with E-state index in [1.807, 2.05) is 0 Å². The average Bonchev–Trinajstić information content (AvgIpc) is 2.60. The molecule has 0 saturated heterocycles. The van der Waals surface area contributed by atoms with Crippen molar-refractivity contribution in [2.24, 2.45) is 0 Å². The normalized spacial score (nSPS) is 10.4. The van der Waals surface area contributed by atoms with Crippen LogP contribution in [0.4, 0.5) is 25.0 Å². The van der Waals surface area contributed by atoms with Crippen molar-refractivity contribution in [3.8, 4) is 11.8 Å². The summed E-state index contributed by atoms with van der Waals surface area (Å²) in [4.78, 5) is 20.4. The van der Waals surface area contributed by atoms with E-state index in [2.05, 4.69) is 20.6 Å². The minimum absolute atomic E-state index is 0.000793. The van der Waals surface area contributed by atoms with Crippen molar-refractivity contribution >= 4 is 17.4 Å². The Morgan fingerprint density at radius 1 is 0.963 bits per heavy atom. The molecule has 0 radical (unpaired) electrons. The zero-order valence-electron chi connectivity index (χ0n) is 14.6. The lowest BCUT2D eigenvalue weighted by Gasteiger charge is -2.13. The standard InChI is InChI=1S/C19H16F2N4O2/c1-11-17(25-18(26)24-14-7-5-6-13(20)10-14)12(2)23-19(22-11)27-16-9-4-3-8-15(16)21/h3-10H,1-2H3,(H2,24,25,26). The number of halogens is 2. The quantitative estimate of drug-likeness (QED) is 0.691. The number of anilines is 2. The summed E-state index contributed by atoms with van der Waals surface area (Å²) in [5, 5.41) is 5.14. The third-order valence-electron chi connectivity index (χ3n) is 3.61. The van der Waals surface area contributed by atoms with Crippen molar-refractivity contribution in [3.63, 3.8) is 0 Å². The molecule has 0 aliphatic rings. The Bertz CT molecular complexity index is 972. The van der Waals surface area contributed by atoms with Gasteiger partial charge in [0.05, 0.1) is 17.1 Å². The van der Waals surface area contributed by atoms with Gasteiger partial charge in [-0.25, -0.2) is 13.6 Å². The molecule has 0 bridgehead atoms. The van der Waals surface area contributed by atoms with E-state index in [9.17, 15) is 13.6 Å². The molecule has 138 valence electrons. The first-order valence-corrected chi connectivity index (χ1v) is 8.03. The monoisotopic (exact) mass is 370 g/mol. The molecular weight excluding hydrogens is 354 g/mol. The number of nitrogens with one attached hydrogen (secondary N) is 2. The second kappa shape index (κ2) is 7.77. The fourth-order valence-corrected chi connectivity index (χ4v) is 2.38. The molecule has 0 aliphatic carbocycles. The number of carbonyl (C=O) groups excluding carboxylic acids is 1. The molecule has 2 amide bonds. The van der Waals surface area contributed by atoms with Crippen LogP contribution in [-0.4, -0.2) is 16.0 Å².